The molecule has 2 aromatic rings. The van der Waals surface area contributed by atoms with E-state index in [9.17, 15) is 27.6 Å². The lowest BCUT2D eigenvalue weighted by Gasteiger charge is -2.20. The van der Waals surface area contributed by atoms with Gasteiger partial charge in [-0.25, -0.2) is 4.79 Å². The quantitative estimate of drug-likeness (QED) is 0.515. The zero-order chi connectivity index (χ0) is 24.4. The molecule has 2 aromatic carbocycles. The van der Waals surface area contributed by atoms with E-state index >= 15 is 0 Å². The highest BCUT2D eigenvalue weighted by Gasteiger charge is 2.33. The first-order valence-electron chi connectivity index (χ1n) is 10.4. The third-order valence-electron chi connectivity index (χ3n) is 4.53. The highest BCUT2D eigenvalue weighted by molar-refractivity contribution is 5.95. The molecule has 0 radical (unpaired) electrons. The summed E-state index contributed by atoms with van der Waals surface area (Å²) >= 11 is 0. The summed E-state index contributed by atoms with van der Waals surface area (Å²) in [5, 5.41) is 4.91. The maximum atomic E-state index is 13.1. The van der Waals surface area contributed by atoms with Crippen molar-refractivity contribution in [1.82, 2.24) is 4.90 Å². The lowest BCUT2D eigenvalue weighted by atomic mass is 10.1. The number of anilines is 2. The number of rotatable bonds is 10. The van der Waals surface area contributed by atoms with Crippen molar-refractivity contribution in [2.75, 3.05) is 36.9 Å². The van der Waals surface area contributed by atoms with E-state index in [1.807, 2.05) is 6.92 Å². The SMILES string of the molecule is CCCOC(=O)c1ccc(NC(=O)CN(CC)CC(=O)Nc2ccccc2C(F)(F)F)cc1. The topological polar surface area (TPSA) is 87.7 Å². The minimum Gasteiger partial charge on any atom is -0.462 e. The number of carbonyl (C=O) groups is 3. The number of nitrogens with zero attached hydrogens (tertiary/aromatic N) is 1. The lowest BCUT2D eigenvalue weighted by Crippen LogP contribution is -2.38. The molecular formula is C23H26F3N3O4. The zero-order valence-corrected chi connectivity index (χ0v) is 18.4. The van der Waals surface area contributed by atoms with E-state index in [0.717, 1.165) is 6.07 Å². The Balaban J connectivity index is 1.91. The van der Waals surface area contributed by atoms with Crippen molar-refractivity contribution in [2.45, 2.75) is 26.4 Å². The molecule has 2 amide bonds. The lowest BCUT2D eigenvalue weighted by molar-refractivity contribution is -0.137. The van der Waals surface area contributed by atoms with Gasteiger partial charge in [-0.3, -0.25) is 14.5 Å². The number of hydrogen-bond donors (Lipinski definition) is 2. The Hall–Kier alpha value is -3.40. The number of para-hydroxylation sites is 1. The molecule has 0 heterocycles. The first-order chi connectivity index (χ1) is 15.6. The number of likely N-dealkylation sites (N-methyl/N-ethyl adjacent to an activating group) is 1. The van der Waals surface area contributed by atoms with Crippen molar-refractivity contribution >= 4 is 29.2 Å². The van der Waals surface area contributed by atoms with Crippen LogP contribution in [0.1, 0.15) is 36.2 Å². The molecule has 178 valence electrons. The molecule has 10 heteroatoms. The minimum atomic E-state index is -4.60. The van der Waals surface area contributed by atoms with Crippen molar-refractivity contribution in [2.24, 2.45) is 0 Å². The third kappa shape index (κ3) is 8.23. The van der Waals surface area contributed by atoms with Crippen LogP contribution in [0.3, 0.4) is 0 Å². The van der Waals surface area contributed by atoms with Gasteiger partial charge in [0.25, 0.3) is 0 Å². The average molecular weight is 465 g/mol. The Morgan fingerprint density at radius 2 is 1.52 bits per heavy atom. The Labute approximate surface area is 189 Å². The monoisotopic (exact) mass is 465 g/mol. The predicted molar refractivity (Wildman–Crippen MR) is 118 cm³/mol. The van der Waals surface area contributed by atoms with Crippen molar-refractivity contribution in [3.63, 3.8) is 0 Å². The fourth-order valence-corrected chi connectivity index (χ4v) is 2.88. The van der Waals surface area contributed by atoms with E-state index in [2.05, 4.69) is 10.6 Å². The molecule has 0 aliphatic heterocycles. The first-order valence-corrected chi connectivity index (χ1v) is 10.4. The molecule has 0 saturated carbocycles. The van der Waals surface area contributed by atoms with Crippen molar-refractivity contribution in [3.8, 4) is 0 Å². The summed E-state index contributed by atoms with van der Waals surface area (Å²) in [6, 6.07) is 10.8. The molecular weight excluding hydrogens is 439 g/mol. The van der Waals surface area contributed by atoms with Gasteiger partial charge in [0, 0.05) is 5.69 Å². The Morgan fingerprint density at radius 3 is 2.09 bits per heavy atom. The van der Waals surface area contributed by atoms with Gasteiger partial charge >= 0.3 is 12.1 Å². The number of esters is 1. The Bertz CT molecular complexity index is 962. The third-order valence-corrected chi connectivity index (χ3v) is 4.53. The van der Waals surface area contributed by atoms with Crippen LogP contribution in [0.5, 0.6) is 0 Å². The van der Waals surface area contributed by atoms with Gasteiger partial charge in [-0.1, -0.05) is 26.0 Å². The number of hydrogen-bond acceptors (Lipinski definition) is 5. The molecule has 0 atom stereocenters. The number of carbonyl (C=O) groups excluding carboxylic acids is 3. The zero-order valence-electron chi connectivity index (χ0n) is 18.4. The highest BCUT2D eigenvalue weighted by atomic mass is 19.4. The summed E-state index contributed by atoms with van der Waals surface area (Å²) in [5.41, 5.74) is -0.478. The summed E-state index contributed by atoms with van der Waals surface area (Å²) in [4.78, 5) is 37.9. The number of amides is 2. The van der Waals surface area contributed by atoms with Crippen LogP contribution in [0.2, 0.25) is 0 Å². The van der Waals surface area contributed by atoms with Crippen LogP contribution in [0.25, 0.3) is 0 Å². The minimum absolute atomic E-state index is 0.148. The summed E-state index contributed by atoms with van der Waals surface area (Å²) in [6.45, 7) is 3.84. The summed E-state index contributed by atoms with van der Waals surface area (Å²) in [6.07, 6.45) is -3.89. The Kier molecular flexibility index (Phi) is 9.41. The molecule has 33 heavy (non-hydrogen) atoms. The number of benzene rings is 2. The molecule has 0 aliphatic carbocycles. The largest absolute Gasteiger partial charge is 0.462 e. The molecule has 0 aromatic heterocycles. The van der Waals surface area contributed by atoms with Gasteiger partial charge in [0.2, 0.25) is 11.8 Å². The number of alkyl halides is 3. The van der Waals surface area contributed by atoms with Gasteiger partial charge in [0.15, 0.2) is 0 Å². The molecule has 7 nitrogen and oxygen atoms in total. The molecule has 2 N–H and O–H groups in total. The normalized spacial score (nSPS) is 11.2. The molecule has 0 aliphatic rings. The first kappa shape index (κ1) is 25.9. The van der Waals surface area contributed by atoms with E-state index in [-0.39, 0.29) is 18.8 Å². The molecule has 0 fully saturated rings. The second kappa shape index (κ2) is 12.0. The second-order valence-corrected chi connectivity index (χ2v) is 7.16. The fraction of sp³-hybridized carbons (Fsp3) is 0.348. The number of halogens is 3. The van der Waals surface area contributed by atoms with Crippen LogP contribution in [0.4, 0.5) is 24.5 Å². The predicted octanol–water partition coefficient (Wildman–Crippen LogP) is 4.17. The van der Waals surface area contributed by atoms with E-state index in [1.165, 1.54) is 35.2 Å². The van der Waals surface area contributed by atoms with Crippen LogP contribution in [-0.2, 0) is 20.5 Å². The van der Waals surface area contributed by atoms with Gasteiger partial charge in [0.1, 0.15) is 0 Å². The number of nitrogens with one attached hydrogen (secondary N) is 2. The summed E-state index contributed by atoms with van der Waals surface area (Å²) in [7, 11) is 0. The maximum absolute atomic E-state index is 13.1. The van der Waals surface area contributed by atoms with Crippen LogP contribution in [0.15, 0.2) is 48.5 Å². The van der Waals surface area contributed by atoms with Gasteiger partial charge in [-0.05, 0) is 49.4 Å². The van der Waals surface area contributed by atoms with Gasteiger partial charge in [-0.15, -0.1) is 0 Å². The van der Waals surface area contributed by atoms with Crippen molar-refractivity contribution < 1.29 is 32.3 Å². The highest BCUT2D eigenvalue weighted by Crippen LogP contribution is 2.34. The summed E-state index contributed by atoms with van der Waals surface area (Å²) in [5.74, 6) is -1.54. The smallest absolute Gasteiger partial charge is 0.418 e. The fourth-order valence-electron chi connectivity index (χ4n) is 2.88. The van der Waals surface area contributed by atoms with E-state index in [1.54, 1.807) is 19.1 Å². The van der Waals surface area contributed by atoms with Gasteiger partial charge in [0.05, 0.1) is 36.5 Å². The van der Waals surface area contributed by atoms with Gasteiger partial charge < -0.3 is 15.4 Å². The maximum Gasteiger partial charge on any atom is 0.418 e. The van der Waals surface area contributed by atoms with Crippen LogP contribution in [0, 0.1) is 0 Å². The van der Waals surface area contributed by atoms with E-state index in [0.29, 0.717) is 30.8 Å². The Morgan fingerprint density at radius 1 is 0.909 bits per heavy atom. The molecule has 0 saturated heterocycles. The summed E-state index contributed by atoms with van der Waals surface area (Å²) < 4.78 is 44.3. The second-order valence-electron chi connectivity index (χ2n) is 7.16. The molecule has 0 unspecified atom stereocenters. The van der Waals surface area contributed by atoms with E-state index < -0.39 is 29.5 Å². The van der Waals surface area contributed by atoms with E-state index in [4.69, 9.17) is 4.74 Å². The van der Waals surface area contributed by atoms with Crippen molar-refractivity contribution in [3.05, 3.63) is 59.7 Å². The van der Waals surface area contributed by atoms with Crippen molar-refractivity contribution in [1.29, 1.82) is 0 Å². The average Bonchev–Trinajstić information content (AvgIpc) is 2.77. The van der Waals surface area contributed by atoms with Crippen LogP contribution in [-0.4, -0.2) is 48.9 Å². The molecule has 2 rings (SSSR count). The molecule has 0 spiro atoms. The van der Waals surface area contributed by atoms with Crippen LogP contribution >= 0.6 is 0 Å². The standard InChI is InChI=1S/C23H26F3N3O4/c1-3-13-33-22(32)16-9-11-17(12-10-16)27-20(30)14-29(4-2)15-21(31)28-19-8-6-5-7-18(19)23(24,25)26/h5-12H,3-4,13-15H2,1-2H3,(H,27,30)(H,28,31). The van der Waals surface area contributed by atoms with Crippen LogP contribution < -0.4 is 10.6 Å². The number of ether oxygens (including phenoxy) is 1. The van der Waals surface area contributed by atoms with Gasteiger partial charge in [-0.2, -0.15) is 13.2 Å². The molecule has 0 bridgehead atoms.